The second-order valence-corrected chi connectivity index (χ2v) is 5.76. The molecule has 1 aliphatic rings. The third-order valence-electron chi connectivity index (χ3n) is 3.85. The van der Waals surface area contributed by atoms with Crippen molar-refractivity contribution in [1.29, 1.82) is 0 Å². The smallest absolute Gasteiger partial charge is 0.243 e. The fraction of sp³-hybridized carbons (Fsp3) is 0.222. The van der Waals surface area contributed by atoms with Crippen molar-refractivity contribution in [3.8, 4) is 0 Å². The molecule has 1 saturated heterocycles. The fourth-order valence-electron chi connectivity index (χ4n) is 2.69. The van der Waals surface area contributed by atoms with E-state index in [-0.39, 0.29) is 18.1 Å². The third kappa shape index (κ3) is 4.32. The summed E-state index contributed by atoms with van der Waals surface area (Å²) >= 11 is 0. The summed E-state index contributed by atoms with van der Waals surface area (Å²) in [5.41, 5.74) is 1.59. The van der Waals surface area contributed by atoms with Crippen molar-refractivity contribution >= 4 is 28.9 Å². The van der Waals surface area contributed by atoms with Crippen LogP contribution in [-0.2, 0) is 9.59 Å². The molecule has 2 amide bonds. The Hall–Kier alpha value is -2.96. The van der Waals surface area contributed by atoms with Gasteiger partial charge in [-0.3, -0.25) is 9.59 Å². The van der Waals surface area contributed by atoms with Crippen LogP contribution in [0.5, 0.6) is 0 Å². The summed E-state index contributed by atoms with van der Waals surface area (Å²) in [6, 6.07) is 10.00. The quantitative estimate of drug-likeness (QED) is 0.875. The van der Waals surface area contributed by atoms with Crippen LogP contribution in [0.4, 0.5) is 25.8 Å². The lowest BCUT2D eigenvalue weighted by atomic mass is 10.2. The SMILES string of the molecule is O=C(CNc1ccc(N2CCCC2=O)cc1)Nc1cc(F)cc(F)c1. The Labute approximate surface area is 143 Å². The highest BCUT2D eigenvalue weighted by molar-refractivity contribution is 5.96. The molecule has 1 fully saturated rings. The summed E-state index contributed by atoms with van der Waals surface area (Å²) in [6.07, 6.45) is 1.43. The van der Waals surface area contributed by atoms with Crippen molar-refractivity contribution in [3.05, 3.63) is 54.1 Å². The molecule has 130 valence electrons. The molecule has 1 aliphatic heterocycles. The predicted molar refractivity (Wildman–Crippen MR) is 91.5 cm³/mol. The van der Waals surface area contributed by atoms with E-state index in [1.54, 1.807) is 17.0 Å². The summed E-state index contributed by atoms with van der Waals surface area (Å²) in [5, 5.41) is 5.34. The molecule has 2 aromatic carbocycles. The van der Waals surface area contributed by atoms with Gasteiger partial charge in [-0.2, -0.15) is 0 Å². The number of carbonyl (C=O) groups is 2. The average Bonchev–Trinajstić information content (AvgIpc) is 2.98. The van der Waals surface area contributed by atoms with Gasteiger partial charge in [-0.25, -0.2) is 8.78 Å². The van der Waals surface area contributed by atoms with Gasteiger partial charge in [-0.1, -0.05) is 0 Å². The Morgan fingerprint density at radius 1 is 1.04 bits per heavy atom. The van der Waals surface area contributed by atoms with Crippen molar-refractivity contribution in [2.75, 3.05) is 28.6 Å². The molecule has 0 atom stereocenters. The van der Waals surface area contributed by atoms with Crippen LogP contribution in [0.1, 0.15) is 12.8 Å². The molecule has 5 nitrogen and oxygen atoms in total. The Bertz CT molecular complexity index is 773. The maximum Gasteiger partial charge on any atom is 0.243 e. The molecular weight excluding hydrogens is 328 g/mol. The normalized spacial score (nSPS) is 13.8. The number of anilines is 3. The van der Waals surface area contributed by atoms with Crippen LogP contribution in [0.2, 0.25) is 0 Å². The number of hydrogen-bond donors (Lipinski definition) is 2. The second-order valence-electron chi connectivity index (χ2n) is 5.76. The topological polar surface area (TPSA) is 61.4 Å². The maximum atomic E-state index is 13.1. The lowest BCUT2D eigenvalue weighted by Gasteiger charge is -2.16. The second kappa shape index (κ2) is 7.29. The zero-order valence-electron chi connectivity index (χ0n) is 13.4. The van der Waals surface area contributed by atoms with E-state index in [4.69, 9.17) is 0 Å². The number of carbonyl (C=O) groups excluding carboxylic acids is 2. The van der Waals surface area contributed by atoms with E-state index in [1.165, 1.54) is 0 Å². The highest BCUT2D eigenvalue weighted by Crippen LogP contribution is 2.23. The van der Waals surface area contributed by atoms with Gasteiger partial charge in [0.25, 0.3) is 0 Å². The number of rotatable bonds is 5. The van der Waals surface area contributed by atoms with Crippen molar-refractivity contribution in [1.82, 2.24) is 0 Å². The number of hydrogen-bond acceptors (Lipinski definition) is 3. The summed E-state index contributed by atoms with van der Waals surface area (Å²) in [7, 11) is 0. The molecule has 0 saturated carbocycles. The van der Waals surface area contributed by atoms with E-state index >= 15 is 0 Å². The third-order valence-corrected chi connectivity index (χ3v) is 3.85. The van der Waals surface area contributed by atoms with Crippen LogP contribution in [0.25, 0.3) is 0 Å². The van der Waals surface area contributed by atoms with Crippen molar-refractivity contribution < 1.29 is 18.4 Å². The monoisotopic (exact) mass is 345 g/mol. The van der Waals surface area contributed by atoms with Crippen molar-refractivity contribution in [2.45, 2.75) is 12.8 Å². The van der Waals surface area contributed by atoms with Crippen LogP contribution in [-0.4, -0.2) is 24.9 Å². The number of nitrogens with zero attached hydrogens (tertiary/aromatic N) is 1. The highest BCUT2D eigenvalue weighted by Gasteiger charge is 2.21. The first-order valence-corrected chi connectivity index (χ1v) is 7.91. The van der Waals surface area contributed by atoms with E-state index in [0.717, 1.165) is 36.9 Å². The van der Waals surface area contributed by atoms with Crippen LogP contribution >= 0.6 is 0 Å². The van der Waals surface area contributed by atoms with E-state index < -0.39 is 17.5 Å². The molecule has 2 N–H and O–H groups in total. The Kier molecular flexibility index (Phi) is 4.92. The largest absolute Gasteiger partial charge is 0.376 e. The summed E-state index contributed by atoms with van der Waals surface area (Å²) < 4.78 is 26.2. The van der Waals surface area contributed by atoms with Crippen LogP contribution in [0.15, 0.2) is 42.5 Å². The van der Waals surface area contributed by atoms with E-state index in [1.807, 2.05) is 12.1 Å². The molecule has 25 heavy (non-hydrogen) atoms. The van der Waals surface area contributed by atoms with Gasteiger partial charge in [0.15, 0.2) is 0 Å². The van der Waals surface area contributed by atoms with Gasteiger partial charge in [0, 0.05) is 36.1 Å². The van der Waals surface area contributed by atoms with Crippen LogP contribution in [0.3, 0.4) is 0 Å². The molecule has 3 rings (SSSR count). The van der Waals surface area contributed by atoms with Gasteiger partial charge in [0.2, 0.25) is 11.8 Å². The number of nitrogens with one attached hydrogen (secondary N) is 2. The summed E-state index contributed by atoms with van der Waals surface area (Å²) in [6.45, 7) is 0.665. The predicted octanol–water partition coefficient (Wildman–Crippen LogP) is 3.14. The average molecular weight is 345 g/mol. The van der Waals surface area contributed by atoms with Gasteiger partial charge in [-0.05, 0) is 42.8 Å². The standard InChI is InChI=1S/C18H17F2N3O2/c19-12-8-13(20)10-15(9-12)22-17(24)11-21-14-3-5-16(6-4-14)23-7-1-2-18(23)25/h3-6,8-10,21H,1-2,7,11H2,(H,22,24). The van der Waals surface area contributed by atoms with Gasteiger partial charge in [0.05, 0.1) is 6.54 Å². The minimum Gasteiger partial charge on any atom is -0.376 e. The Balaban J connectivity index is 1.54. The first-order valence-electron chi connectivity index (χ1n) is 7.91. The molecule has 0 spiro atoms. The van der Waals surface area contributed by atoms with Gasteiger partial charge >= 0.3 is 0 Å². The fourth-order valence-corrected chi connectivity index (χ4v) is 2.69. The summed E-state index contributed by atoms with van der Waals surface area (Å²) in [4.78, 5) is 25.3. The van der Waals surface area contributed by atoms with Gasteiger partial charge in [0.1, 0.15) is 11.6 Å². The van der Waals surface area contributed by atoms with Crippen molar-refractivity contribution in [2.24, 2.45) is 0 Å². The molecule has 7 heteroatoms. The zero-order valence-corrected chi connectivity index (χ0v) is 13.4. The van der Waals surface area contributed by atoms with E-state index in [0.29, 0.717) is 12.1 Å². The number of benzene rings is 2. The lowest BCUT2D eigenvalue weighted by Crippen LogP contribution is -2.24. The molecule has 0 unspecified atom stereocenters. The first kappa shape index (κ1) is 16.9. The lowest BCUT2D eigenvalue weighted by molar-refractivity contribution is -0.117. The molecule has 0 radical (unpaired) electrons. The van der Waals surface area contributed by atoms with Crippen LogP contribution < -0.4 is 15.5 Å². The van der Waals surface area contributed by atoms with E-state index in [2.05, 4.69) is 10.6 Å². The summed E-state index contributed by atoms with van der Waals surface area (Å²) in [5.74, 6) is -1.82. The molecule has 0 aromatic heterocycles. The Morgan fingerprint density at radius 3 is 2.32 bits per heavy atom. The molecule has 0 aliphatic carbocycles. The van der Waals surface area contributed by atoms with Crippen molar-refractivity contribution in [3.63, 3.8) is 0 Å². The maximum absolute atomic E-state index is 13.1. The van der Waals surface area contributed by atoms with Gasteiger partial charge < -0.3 is 15.5 Å². The highest BCUT2D eigenvalue weighted by atomic mass is 19.1. The van der Waals surface area contributed by atoms with E-state index in [9.17, 15) is 18.4 Å². The molecular formula is C18H17F2N3O2. The molecule has 2 aromatic rings. The van der Waals surface area contributed by atoms with Gasteiger partial charge in [-0.15, -0.1) is 0 Å². The minimum absolute atomic E-state index is 0.0554. The minimum atomic E-state index is -0.754. The van der Waals surface area contributed by atoms with Crippen LogP contribution in [0, 0.1) is 11.6 Å². The zero-order chi connectivity index (χ0) is 17.8. The molecule has 0 bridgehead atoms. The molecule has 1 heterocycles. The number of halogens is 2. The number of amides is 2. The Morgan fingerprint density at radius 2 is 1.72 bits per heavy atom. The first-order chi connectivity index (χ1) is 12.0.